The predicted octanol–water partition coefficient (Wildman–Crippen LogP) is 4.02. The number of rotatable bonds is 5. The van der Waals surface area contributed by atoms with E-state index in [0.717, 1.165) is 21.9 Å². The van der Waals surface area contributed by atoms with Gasteiger partial charge in [0, 0.05) is 10.6 Å². The summed E-state index contributed by atoms with van der Waals surface area (Å²) in [4.78, 5) is 13.9. The lowest BCUT2D eigenvalue weighted by Crippen LogP contribution is -2.11. The van der Waals surface area contributed by atoms with Crippen LogP contribution >= 0.6 is 11.3 Å². The molecule has 1 aromatic carbocycles. The van der Waals surface area contributed by atoms with E-state index in [1.807, 2.05) is 45.0 Å². The maximum absolute atomic E-state index is 12.3. The van der Waals surface area contributed by atoms with E-state index in [1.165, 1.54) is 11.3 Å². The molecule has 1 heterocycles. The molecule has 0 aliphatic rings. The first-order chi connectivity index (χ1) is 10.0. The van der Waals surface area contributed by atoms with E-state index >= 15 is 0 Å². The smallest absolute Gasteiger partial charge is 0.269 e. The highest BCUT2D eigenvalue weighted by molar-refractivity contribution is 7.14. The molecule has 0 aliphatic heterocycles. The fourth-order valence-electron chi connectivity index (χ4n) is 2.03. The van der Waals surface area contributed by atoms with Crippen LogP contribution in [0.4, 0.5) is 5.69 Å². The summed E-state index contributed by atoms with van der Waals surface area (Å²) >= 11 is 1.42. The minimum absolute atomic E-state index is 0.159. The zero-order valence-corrected chi connectivity index (χ0v) is 13.5. The van der Waals surface area contributed by atoms with Crippen LogP contribution in [0.15, 0.2) is 24.3 Å². The fourth-order valence-corrected chi connectivity index (χ4v) is 2.91. The van der Waals surface area contributed by atoms with E-state index in [-0.39, 0.29) is 5.91 Å². The first-order valence-corrected chi connectivity index (χ1v) is 7.56. The number of methoxy groups -OCH3 is 1. The van der Waals surface area contributed by atoms with Crippen LogP contribution in [-0.2, 0) is 0 Å². The fraction of sp³-hybridized carbons (Fsp3) is 0.312. The molecule has 1 aromatic heterocycles. The van der Waals surface area contributed by atoms with Gasteiger partial charge in [-0.2, -0.15) is 0 Å². The van der Waals surface area contributed by atoms with Crippen LogP contribution in [0, 0.1) is 13.8 Å². The second-order valence-corrected chi connectivity index (χ2v) is 5.88. The zero-order valence-electron chi connectivity index (χ0n) is 12.6. The van der Waals surface area contributed by atoms with Gasteiger partial charge in [0.15, 0.2) is 0 Å². The SMILES string of the molecule is CCOc1ccc(NC(=O)c2sc(C)cc2OC)cc1C. The lowest BCUT2D eigenvalue weighted by atomic mass is 10.2. The van der Waals surface area contributed by atoms with Crippen molar-refractivity contribution in [3.8, 4) is 11.5 Å². The van der Waals surface area contributed by atoms with Gasteiger partial charge in [0.1, 0.15) is 16.4 Å². The summed E-state index contributed by atoms with van der Waals surface area (Å²) < 4.78 is 10.7. The third-order valence-corrected chi connectivity index (χ3v) is 4.01. The van der Waals surface area contributed by atoms with Crippen molar-refractivity contribution < 1.29 is 14.3 Å². The van der Waals surface area contributed by atoms with Crippen molar-refractivity contribution in [3.05, 3.63) is 39.6 Å². The molecule has 2 aromatic rings. The molecule has 0 spiro atoms. The Labute approximate surface area is 128 Å². The first-order valence-electron chi connectivity index (χ1n) is 6.74. The van der Waals surface area contributed by atoms with E-state index in [1.54, 1.807) is 7.11 Å². The second-order valence-electron chi connectivity index (χ2n) is 4.62. The van der Waals surface area contributed by atoms with Gasteiger partial charge in [-0.1, -0.05) is 0 Å². The number of hydrogen-bond donors (Lipinski definition) is 1. The van der Waals surface area contributed by atoms with Gasteiger partial charge in [0.05, 0.1) is 13.7 Å². The van der Waals surface area contributed by atoms with Crippen LogP contribution in [0.1, 0.15) is 27.0 Å². The van der Waals surface area contributed by atoms with Gasteiger partial charge < -0.3 is 14.8 Å². The molecular weight excluding hydrogens is 286 g/mol. The molecule has 1 amide bonds. The number of nitrogens with one attached hydrogen (secondary N) is 1. The Morgan fingerprint density at radius 2 is 2.00 bits per heavy atom. The summed E-state index contributed by atoms with van der Waals surface area (Å²) in [5, 5.41) is 2.89. The predicted molar refractivity (Wildman–Crippen MR) is 85.9 cm³/mol. The van der Waals surface area contributed by atoms with Crippen molar-refractivity contribution in [2.45, 2.75) is 20.8 Å². The average molecular weight is 305 g/mol. The number of thiophene rings is 1. The molecule has 0 radical (unpaired) electrons. The summed E-state index contributed by atoms with van der Waals surface area (Å²) in [6.45, 7) is 6.47. The van der Waals surface area contributed by atoms with E-state index in [2.05, 4.69) is 5.32 Å². The van der Waals surface area contributed by atoms with Gasteiger partial charge in [0.2, 0.25) is 0 Å². The van der Waals surface area contributed by atoms with Gasteiger partial charge in [-0.3, -0.25) is 4.79 Å². The third-order valence-electron chi connectivity index (χ3n) is 2.98. The van der Waals surface area contributed by atoms with Gasteiger partial charge in [0.25, 0.3) is 5.91 Å². The molecule has 4 nitrogen and oxygen atoms in total. The Morgan fingerprint density at radius 1 is 1.24 bits per heavy atom. The number of anilines is 1. The molecule has 0 bridgehead atoms. The quantitative estimate of drug-likeness (QED) is 0.907. The van der Waals surface area contributed by atoms with Gasteiger partial charge in [-0.15, -0.1) is 11.3 Å². The molecule has 2 rings (SSSR count). The number of benzene rings is 1. The highest BCUT2D eigenvalue weighted by Crippen LogP contribution is 2.30. The van der Waals surface area contributed by atoms with Crippen molar-refractivity contribution >= 4 is 22.9 Å². The number of carbonyl (C=O) groups is 1. The van der Waals surface area contributed by atoms with Gasteiger partial charge in [-0.05, 0) is 50.6 Å². The summed E-state index contributed by atoms with van der Waals surface area (Å²) in [5.41, 5.74) is 1.73. The number of amides is 1. The maximum Gasteiger partial charge on any atom is 0.269 e. The number of aryl methyl sites for hydroxylation is 2. The van der Waals surface area contributed by atoms with E-state index in [0.29, 0.717) is 17.2 Å². The highest BCUT2D eigenvalue weighted by atomic mass is 32.1. The standard InChI is InChI=1S/C16H19NO3S/c1-5-20-13-7-6-12(8-10(13)2)17-16(18)15-14(19-4)9-11(3)21-15/h6-9H,5H2,1-4H3,(H,17,18). The molecule has 0 saturated heterocycles. The Balaban J connectivity index is 2.17. The molecule has 21 heavy (non-hydrogen) atoms. The Bertz CT molecular complexity index is 649. The van der Waals surface area contributed by atoms with Crippen molar-refractivity contribution in [1.82, 2.24) is 0 Å². The topological polar surface area (TPSA) is 47.6 Å². The molecule has 112 valence electrons. The normalized spacial score (nSPS) is 10.3. The van der Waals surface area contributed by atoms with Crippen LogP contribution in [0.25, 0.3) is 0 Å². The lowest BCUT2D eigenvalue weighted by molar-refractivity contribution is 0.102. The number of hydrogen-bond acceptors (Lipinski definition) is 4. The molecule has 5 heteroatoms. The molecule has 0 fully saturated rings. The van der Waals surface area contributed by atoms with Crippen molar-refractivity contribution in [2.24, 2.45) is 0 Å². The number of carbonyl (C=O) groups excluding carboxylic acids is 1. The lowest BCUT2D eigenvalue weighted by Gasteiger charge is -2.10. The second kappa shape index (κ2) is 6.63. The molecule has 0 atom stereocenters. The zero-order chi connectivity index (χ0) is 15.4. The van der Waals surface area contributed by atoms with Crippen LogP contribution in [0.2, 0.25) is 0 Å². The summed E-state index contributed by atoms with van der Waals surface area (Å²) in [6, 6.07) is 7.47. The summed E-state index contributed by atoms with van der Waals surface area (Å²) in [5.74, 6) is 1.28. The molecule has 1 N–H and O–H groups in total. The van der Waals surface area contributed by atoms with E-state index < -0.39 is 0 Å². The van der Waals surface area contributed by atoms with E-state index in [9.17, 15) is 4.79 Å². The monoisotopic (exact) mass is 305 g/mol. The third kappa shape index (κ3) is 3.55. The van der Waals surface area contributed by atoms with Crippen LogP contribution in [0.5, 0.6) is 11.5 Å². The Hall–Kier alpha value is -2.01. The molecule has 0 saturated carbocycles. The van der Waals surface area contributed by atoms with Crippen LogP contribution in [0.3, 0.4) is 0 Å². The van der Waals surface area contributed by atoms with Gasteiger partial charge >= 0.3 is 0 Å². The van der Waals surface area contributed by atoms with Crippen molar-refractivity contribution in [3.63, 3.8) is 0 Å². The summed E-state index contributed by atoms with van der Waals surface area (Å²) in [7, 11) is 1.57. The van der Waals surface area contributed by atoms with Crippen LogP contribution < -0.4 is 14.8 Å². The summed E-state index contributed by atoms with van der Waals surface area (Å²) in [6.07, 6.45) is 0. The number of ether oxygens (including phenoxy) is 2. The molecule has 0 aliphatic carbocycles. The molecular formula is C16H19NO3S. The van der Waals surface area contributed by atoms with Gasteiger partial charge in [-0.25, -0.2) is 0 Å². The minimum atomic E-state index is -0.159. The van der Waals surface area contributed by atoms with Crippen molar-refractivity contribution in [1.29, 1.82) is 0 Å². The highest BCUT2D eigenvalue weighted by Gasteiger charge is 2.16. The van der Waals surface area contributed by atoms with Crippen LogP contribution in [-0.4, -0.2) is 19.6 Å². The minimum Gasteiger partial charge on any atom is -0.495 e. The largest absolute Gasteiger partial charge is 0.495 e. The van der Waals surface area contributed by atoms with Crippen molar-refractivity contribution in [2.75, 3.05) is 19.0 Å². The Kier molecular flexibility index (Phi) is 4.85. The van der Waals surface area contributed by atoms with E-state index in [4.69, 9.17) is 9.47 Å². The Morgan fingerprint density at radius 3 is 2.62 bits per heavy atom. The average Bonchev–Trinajstić information content (AvgIpc) is 2.83. The molecule has 0 unspecified atom stereocenters. The first kappa shape index (κ1) is 15.4. The maximum atomic E-state index is 12.3.